The third kappa shape index (κ3) is 2.04. The summed E-state index contributed by atoms with van der Waals surface area (Å²) in [5.41, 5.74) is -0.653. The summed E-state index contributed by atoms with van der Waals surface area (Å²) in [5.74, 6) is 0.179. The number of ether oxygens (including phenoxy) is 1. The number of aldehydes is 1. The highest BCUT2D eigenvalue weighted by Gasteiger charge is 2.18. The molecule has 86 valence electrons. The van der Waals surface area contributed by atoms with Crippen LogP contribution in [0.15, 0.2) is 15.3 Å². The molecule has 0 aliphatic rings. The van der Waals surface area contributed by atoms with E-state index in [1.54, 1.807) is 13.0 Å². The lowest BCUT2D eigenvalue weighted by Crippen LogP contribution is -2.13. The molecule has 0 fully saturated rings. The molecule has 0 bridgehead atoms. The van der Waals surface area contributed by atoms with Crippen LogP contribution in [0.2, 0.25) is 0 Å². The van der Waals surface area contributed by atoms with Gasteiger partial charge in [0.1, 0.15) is 17.1 Å². The molecule has 1 aromatic heterocycles. The molecule has 5 nitrogen and oxygen atoms in total. The highest BCUT2D eigenvalue weighted by Crippen LogP contribution is 2.23. The molecule has 0 amide bonds. The van der Waals surface area contributed by atoms with Crippen LogP contribution in [0.3, 0.4) is 0 Å². The first-order valence-corrected chi connectivity index (χ1v) is 4.62. The van der Waals surface area contributed by atoms with Crippen LogP contribution in [-0.4, -0.2) is 18.5 Å². The molecular weight excluding hydrogens is 212 g/mol. The second-order valence-corrected chi connectivity index (χ2v) is 2.96. The van der Waals surface area contributed by atoms with Crippen molar-refractivity contribution in [3.8, 4) is 5.75 Å². The molecule has 1 N–H and O–H groups in total. The van der Waals surface area contributed by atoms with Crippen LogP contribution in [0.4, 0.5) is 0 Å². The minimum absolute atomic E-state index is 0.0573. The zero-order valence-electron chi connectivity index (χ0n) is 9.02. The summed E-state index contributed by atoms with van der Waals surface area (Å²) in [4.78, 5) is 22.3. The van der Waals surface area contributed by atoms with Crippen molar-refractivity contribution in [2.75, 3.05) is 7.11 Å². The maximum Gasteiger partial charge on any atom is 0.345 e. The predicted molar refractivity (Wildman–Crippen MR) is 57.5 cm³/mol. The Labute approximate surface area is 92.0 Å². The third-order valence-corrected chi connectivity index (χ3v) is 2.03. The summed E-state index contributed by atoms with van der Waals surface area (Å²) in [6, 6.07) is 0. The molecule has 0 saturated heterocycles. The molecule has 0 saturated carbocycles. The van der Waals surface area contributed by atoms with Gasteiger partial charge < -0.3 is 14.3 Å². The van der Waals surface area contributed by atoms with E-state index in [0.717, 1.165) is 0 Å². The van der Waals surface area contributed by atoms with E-state index in [-0.39, 0.29) is 22.6 Å². The highest BCUT2D eigenvalue weighted by molar-refractivity contribution is 5.84. The van der Waals surface area contributed by atoms with Gasteiger partial charge in [0.05, 0.1) is 19.3 Å². The first kappa shape index (κ1) is 12.2. The topological polar surface area (TPSA) is 76.7 Å². The number of allylic oxidation sites excluding steroid dienone is 1. The van der Waals surface area contributed by atoms with Crippen LogP contribution >= 0.6 is 0 Å². The van der Waals surface area contributed by atoms with Crippen LogP contribution in [0.25, 0.3) is 6.08 Å². The number of hydrogen-bond donors (Lipinski definition) is 1. The Morgan fingerprint density at radius 2 is 2.19 bits per heavy atom. The quantitative estimate of drug-likeness (QED) is 0.771. The monoisotopic (exact) mass is 224 g/mol. The summed E-state index contributed by atoms with van der Waals surface area (Å²) in [6.07, 6.45) is 3.63. The number of hydrogen-bond acceptors (Lipinski definition) is 5. The zero-order chi connectivity index (χ0) is 12.1. The molecule has 16 heavy (non-hydrogen) atoms. The smallest absolute Gasteiger partial charge is 0.345 e. The first-order chi connectivity index (χ1) is 7.69. The summed E-state index contributed by atoms with van der Waals surface area (Å²) in [6.45, 7) is 1.18. The Morgan fingerprint density at radius 3 is 2.62 bits per heavy atom. The zero-order valence-corrected chi connectivity index (χ0v) is 9.02. The SMILES string of the molecule is CC=Cc1oc(=O)c(CO)c(OC)c1C=O. The molecule has 0 aromatic carbocycles. The van der Waals surface area contributed by atoms with Crippen molar-refractivity contribution >= 4 is 12.4 Å². The fourth-order valence-electron chi connectivity index (χ4n) is 1.34. The number of carbonyl (C=O) groups is 1. The summed E-state index contributed by atoms with van der Waals surface area (Å²) in [5, 5.41) is 9.00. The minimum atomic E-state index is -0.710. The lowest BCUT2D eigenvalue weighted by molar-refractivity contribution is 0.111. The van der Waals surface area contributed by atoms with Gasteiger partial charge in [0.2, 0.25) is 0 Å². The van der Waals surface area contributed by atoms with Crippen molar-refractivity contribution in [2.45, 2.75) is 13.5 Å². The van der Waals surface area contributed by atoms with Crippen LogP contribution in [0.5, 0.6) is 5.75 Å². The Balaban J connectivity index is 3.63. The molecule has 0 atom stereocenters. The van der Waals surface area contributed by atoms with E-state index in [2.05, 4.69) is 0 Å². The van der Waals surface area contributed by atoms with Gasteiger partial charge in [-0.2, -0.15) is 0 Å². The van der Waals surface area contributed by atoms with Crippen molar-refractivity contribution in [1.29, 1.82) is 0 Å². The average Bonchev–Trinajstić information content (AvgIpc) is 2.28. The minimum Gasteiger partial charge on any atom is -0.495 e. The molecule has 0 aliphatic carbocycles. The number of rotatable bonds is 4. The van der Waals surface area contributed by atoms with Gasteiger partial charge in [0.15, 0.2) is 6.29 Å². The van der Waals surface area contributed by atoms with E-state index in [9.17, 15) is 9.59 Å². The fraction of sp³-hybridized carbons (Fsp3) is 0.273. The van der Waals surface area contributed by atoms with Crippen molar-refractivity contribution in [2.24, 2.45) is 0 Å². The standard InChI is InChI=1S/C11H12O5/c1-3-4-9-7(5-12)10(15-2)8(6-13)11(14)16-9/h3-5,13H,6H2,1-2H3. The van der Waals surface area contributed by atoms with Gasteiger partial charge in [0.25, 0.3) is 0 Å². The van der Waals surface area contributed by atoms with E-state index in [0.29, 0.717) is 6.29 Å². The van der Waals surface area contributed by atoms with Crippen molar-refractivity contribution in [3.63, 3.8) is 0 Å². The Bertz CT molecular complexity index is 470. The molecule has 1 heterocycles. The summed E-state index contributed by atoms with van der Waals surface area (Å²) < 4.78 is 9.83. The second kappa shape index (κ2) is 5.27. The Hall–Kier alpha value is -1.88. The summed E-state index contributed by atoms with van der Waals surface area (Å²) >= 11 is 0. The molecule has 5 heteroatoms. The van der Waals surface area contributed by atoms with Crippen molar-refractivity contribution in [3.05, 3.63) is 33.4 Å². The molecule has 1 rings (SSSR count). The van der Waals surface area contributed by atoms with Crippen molar-refractivity contribution < 1.29 is 19.1 Å². The van der Waals surface area contributed by atoms with Gasteiger partial charge >= 0.3 is 5.63 Å². The normalized spacial score (nSPS) is 10.7. The lowest BCUT2D eigenvalue weighted by Gasteiger charge is -2.08. The fourth-order valence-corrected chi connectivity index (χ4v) is 1.34. The van der Waals surface area contributed by atoms with Gasteiger partial charge in [-0.15, -0.1) is 0 Å². The number of aliphatic hydroxyl groups excluding tert-OH is 1. The maximum absolute atomic E-state index is 11.4. The summed E-state index contributed by atoms with van der Waals surface area (Å²) in [7, 11) is 1.32. The molecule has 0 radical (unpaired) electrons. The molecular formula is C11H12O5. The van der Waals surface area contributed by atoms with Crippen molar-refractivity contribution in [1.82, 2.24) is 0 Å². The van der Waals surface area contributed by atoms with Crippen LogP contribution < -0.4 is 10.4 Å². The molecule has 1 aromatic rings. The first-order valence-electron chi connectivity index (χ1n) is 4.62. The van der Waals surface area contributed by atoms with E-state index in [1.165, 1.54) is 13.2 Å². The third-order valence-electron chi connectivity index (χ3n) is 2.03. The lowest BCUT2D eigenvalue weighted by atomic mass is 10.1. The molecule has 0 spiro atoms. The molecule has 0 aliphatic heterocycles. The highest BCUT2D eigenvalue weighted by atomic mass is 16.5. The number of methoxy groups -OCH3 is 1. The van der Waals surface area contributed by atoms with Crippen LogP contribution in [-0.2, 0) is 6.61 Å². The van der Waals surface area contributed by atoms with Crippen LogP contribution in [0.1, 0.15) is 28.6 Å². The second-order valence-electron chi connectivity index (χ2n) is 2.96. The Kier molecular flexibility index (Phi) is 4.02. The van der Waals surface area contributed by atoms with E-state index in [1.807, 2.05) is 0 Å². The maximum atomic E-state index is 11.4. The van der Waals surface area contributed by atoms with E-state index in [4.69, 9.17) is 14.3 Å². The van der Waals surface area contributed by atoms with Gasteiger partial charge in [0, 0.05) is 0 Å². The van der Waals surface area contributed by atoms with Gasteiger partial charge in [-0.3, -0.25) is 4.79 Å². The van der Waals surface area contributed by atoms with Gasteiger partial charge in [-0.05, 0) is 13.0 Å². The van der Waals surface area contributed by atoms with E-state index < -0.39 is 12.2 Å². The number of carbonyl (C=O) groups excluding carboxylic acids is 1. The Morgan fingerprint density at radius 1 is 1.50 bits per heavy atom. The average molecular weight is 224 g/mol. The van der Waals surface area contributed by atoms with Crippen LogP contribution in [0, 0.1) is 0 Å². The predicted octanol–water partition coefficient (Wildman–Crippen LogP) is 0.986. The van der Waals surface area contributed by atoms with Gasteiger partial charge in [-0.1, -0.05) is 6.08 Å². The number of aliphatic hydroxyl groups is 1. The molecule has 0 unspecified atom stereocenters. The van der Waals surface area contributed by atoms with E-state index >= 15 is 0 Å². The largest absolute Gasteiger partial charge is 0.495 e. The van der Waals surface area contributed by atoms with Gasteiger partial charge in [-0.25, -0.2) is 4.79 Å².